The number of aromatic nitrogens is 2. The van der Waals surface area contributed by atoms with Crippen LogP contribution < -0.4 is 5.56 Å². The summed E-state index contributed by atoms with van der Waals surface area (Å²) in [4.78, 5) is 17.5. The van der Waals surface area contributed by atoms with Crippen molar-refractivity contribution in [3.63, 3.8) is 0 Å². The number of thiophene rings is 1. The van der Waals surface area contributed by atoms with Crippen LogP contribution >= 0.6 is 27.3 Å². The van der Waals surface area contributed by atoms with E-state index in [1.54, 1.807) is 10.9 Å². The summed E-state index contributed by atoms with van der Waals surface area (Å²) < 4.78 is 1.75. The maximum Gasteiger partial charge on any atom is 0.262 e. The maximum absolute atomic E-state index is 12.3. The number of fused-ring (bicyclic) bond motifs is 1. The van der Waals surface area contributed by atoms with Crippen LogP contribution in [-0.2, 0) is 6.54 Å². The molecule has 0 radical (unpaired) electrons. The molecule has 18 heavy (non-hydrogen) atoms. The highest BCUT2D eigenvalue weighted by molar-refractivity contribution is 9.09. The molecule has 98 valence electrons. The largest absolute Gasteiger partial charge is 0.298 e. The van der Waals surface area contributed by atoms with E-state index >= 15 is 0 Å². The molecular weight excluding hydrogens is 312 g/mol. The lowest BCUT2D eigenvalue weighted by atomic mass is 9.84. The van der Waals surface area contributed by atoms with Gasteiger partial charge in [0.2, 0.25) is 0 Å². The molecule has 0 aliphatic carbocycles. The van der Waals surface area contributed by atoms with E-state index in [1.807, 2.05) is 11.4 Å². The highest BCUT2D eigenvalue weighted by Gasteiger charge is 2.26. The van der Waals surface area contributed by atoms with Crippen molar-refractivity contribution in [3.8, 4) is 0 Å². The average Bonchev–Trinajstić information content (AvgIpc) is 2.88. The SMILES string of the molecule is CCC(CC)(CBr)Cn1cnc2sccc2c1=O. The van der Waals surface area contributed by atoms with Gasteiger partial charge in [0.15, 0.2) is 0 Å². The van der Waals surface area contributed by atoms with Crippen LogP contribution in [0.25, 0.3) is 10.2 Å². The van der Waals surface area contributed by atoms with Gasteiger partial charge in [-0.3, -0.25) is 9.36 Å². The van der Waals surface area contributed by atoms with Gasteiger partial charge in [-0.2, -0.15) is 0 Å². The third-order valence-corrected chi connectivity index (χ3v) is 5.75. The lowest BCUT2D eigenvalue weighted by Crippen LogP contribution is -2.33. The molecule has 0 unspecified atom stereocenters. The van der Waals surface area contributed by atoms with Gasteiger partial charge < -0.3 is 0 Å². The Labute approximate surface area is 119 Å². The number of hydrogen-bond donors (Lipinski definition) is 0. The van der Waals surface area contributed by atoms with Crippen LogP contribution in [0.3, 0.4) is 0 Å². The molecule has 0 aliphatic heterocycles. The van der Waals surface area contributed by atoms with E-state index in [0.717, 1.165) is 34.9 Å². The monoisotopic (exact) mass is 328 g/mol. The van der Waals surface area contributed by atoms with Gasteiger partial charge >= 0.3 is 0 Å². The van der Waals surface area contributed by atoms with Crippen molar-refractivity contribution in [1.29, 1.82) is 0 Å². The highest BCUT2D eigenvalue weighted by Crippen LogP contribution is 2.30. The standard InChI is InChI=1S/C13H17BrN2OS/c1-3-13(4-2,7-14)8-16-9-15-11-10(12(16)17)5-6-18-11/h5-6,9H,3-4,7-8H2,1-2H3. The number of halogens is 1. The Bertz CT molecular complexity index is 578. The molecule has 0 amide bonds. The van der Waals surface area contributed by atoms with Gasteiger partial charge in [0.25, 0.3) is 5.56 Å². The summed E-state index contributed by atoms with van der Waals surface area (Å²) in [6.45, 7) is 5.07. The zero-order chi connectivity index (χ0) is 13.2. The van der Waals surface area contributed by atoms with Crippen molar-refractivity contribution in [2.75, 3.05) is 5.33 Å². The van der Waals surface area contributed by atoms with Crippen molar-refractivity contribution in [2.45, 2.75) is 33.2 Å². The van der Waals surface area contributed by atoms with Gasteiger partial charge in [-0.05, 0) is 29.7 Å². The second kappa shape index (κ2) is 5.53. The minimum atomic E-state index is 0.0773. The number of nitrogens with zero attached hydrogens (tertiary/aromatic N) is 2. The summed E-state index contributed by atoms with van der Waals surface area (Å²) in [7, 11) is 0. The summed E-state index contributed by atoms with van der Waals surface area (Å²) in [6.07, 6.45) is 3.77. The van der Waals surface area contributed by atoms with Crippen LogP contribution in [0.4, 0.5) is 0 Å². The summed E-state index contributed by atoms with van der Waals surface area (Å²) in [5.74, 6) is 0. The van der Waals surface area contributed by atoms with Gasteiger partial charge in [-0.25, -0.2) is 4.98 Å². The first-order valence-electron chi connectivity index (χ1n) is 6.14. The molecule has 0 saturated carbocycles. The van der Waals surface area contributed by atoms with E-state index in [2.05, 4.69) is 34.8 Å². The first kappa shape index (κ1) is 13.7. The minimum absolute atomic E-state index is 0.0773. The van der Waals surface area contributed by atoms with Gasteiger partial charge in [0, 0.05) is 11.9 Å². The highest BCUT2D eigenvalue weighted by atomic mass is 79.9. The van der Waals surface area contributed by atoms with Crippen LogP contribution in [0.5, 0.6) is 0 Å². The molecule has 5 heteroatoms. The average molecular weight is 329 g/mol. The Morgan fingerprint density at radius 2 is 2.17 bits per heavy atom. The normalized spacial score (nSPS) is 12.2. The fraction of sp³-hybridized carbons (Fsp3) is 0.538. The Kier molecular flexibility index (Phi) is 4.22. The smallest absolute Gasteiger partial charge is 0.262 e. The van der Waals surface area contributed by atoms with Crippen LogP contribution in [0.1, 0.15) is 26.7 Å². The number of rotatable bonds is 5. The minimum Gasteiger partial charge on any atom is -0.298 e. The van der Waals surface area contributed by atoms with Gasteiger partial charge in [-0.15, -0.1) is 11.3 Å². The topological polar surface area (TPSA) is 34.9 Å². The number of hydrogen-bond acceptors (Lipinski definition) is 3. The molecule has 0 bridgehead atoms. The molecule has 0 aliphatic rings. The molecule has 2 aromatic rings. The van der Waals surface area contributed by atoms with E-state index < -0.39 is 0 Å². The van der Waals surface area contributed by atoms with Crippen LogP contribution in [0, 0.1) is 5.41 Å². The van der Waals surface area contributed by atoms with Gasteiger partial charge in [0.1, 0.15) is 4.83 Å². The van der Waals surface area contributed by atoms with Gasteiger partial charge in [0.05, 0.1) is 11.7 Å². The molecule has 2 rings (SSSR count). The van der Waals surface area contributed by atoms with Crippen molar-refractivity contribution in [2.24, 2.45) is 5.41 Å². The zero-order valence-corrected chi connectivity index (χ0v) is 13.1. The van der Waals surface area contributed by atoms with E-state index in [0.29, 0.717) is 0 Å². The summed E-state index contributed by atoms with van der Waals surface area (Å²) >= 11 is 5.10. The molecule has 0 saturated heterocycles. The Morgan fingerprint density at radius 3 is 2.78 bits per heavy atom. The Hall–Kier alpha value is -0.680. The van der Waals surface area contributed by atoms with E-state index in [-0.39, 0.29) is 11.0 Å². The predicted octanol–water partition coefficient (Wildman–Crippen LogP) is 3.66. The van der Waals surface area contributed by atoms with Crippen molar-refractivity contribution < 1.29 is 0 Å². The quantitative estimate of drug-likeness (QED) is 0.785. The first-order chi connectivity index (χ1) is 8.65. The van der Waals surface area contributed by atoms with E-state index in [1.165, 1.54) is 11.3 Å². The first-order valence-corrected chi connectivity index (χ1v) is 8.14. The second-order valence-electron chi connectivity index (χ2n) is 4.66. The van der Waals surface area contributed by atoms with Crippen LogP contribution in [0.15, 0.2) is 22.6 Å². The zero-order valence-electron chi connectivity index (χ0n) is 10.6. The molecule has 0 atom stereocenters. The second-order valence-corrected chi connectivity index (χ2v) is 6.11. The van der Waals surface area contributed by atoms with Gasteiger partial charge in [-0.1, -0.05) is 29.8 Å². The van der Waals surface area contributed by atoms with Crippen molar-refractivity contribution in [1.82, 2.24) is 9.55 Å². The molecular formula is C13H17BrN2OS. The predicted molar refractivity (Wildman–Crippen MR) is 80.7 cm³/mol. The van der Waals surface area contributed by atoms with Crippen LogP contribution in [0.2, 0.25) is 0 Å². The Balaban J connectivity index is 2.42. The van der Waals surface area contributed by atoms with E-state index in [9.17, 15) is 4.79 Å². The molecule has 0 fully saturated rings. The summed E-state index contributed by atoms with van der Waals surface area (Å²) in [5, 5.41) is 3.56. The van der Waals surface area contributed by atoms with Crippen molar-refractivity contribution >= 4 is 37.5 Å². The third kappa shape index (κ3) is 2.38. The molecule has 3 nitrogen and oxygen atoms in total. The summed E-state index contributed by atoms with van der Waals surface area (Å²) in [5.41, 5.74) is 0.211. The molecule has 0 spiro atoms. The van der Waals surface area contributed by atoms with Crippen LogP contribution in [-0.4, -0.2) is 14.9 Å². The fourth-order valence-electron chi connectivity index (χ4n) is 2.07. The Morgan fingerprint density at radius 1 is 1.44 bits per heavy atom. The lowest BCUT2D eigenvalue weighted by molar-refractivity contribution is 0.256. The lowest BCUT2D eigenvalue weighted by Gasteiger charge is -2.29. The third-order valence-electron chi connectivity index (χ3n) is 3.74. The maximum atomic E-state index is 12.3. The fourth-order valence-corrected chi connectivity index (χ4v) is 3.77. The molecule has 2 aromatic heterocycles. The summed E-state index contributed by atoms with van der Waals surface area (Å²) in [6, 6.07) is 1.86. The van der Waals surface area contributed by atoms with Crippen molar-refractivity contribution in [3.05, 3.63) is 28.1 Å². The molecule has 0 aromatic carbocycles. The molecule has 0 N–H and O–H groups in total. The van der Waals surface area contributed by atoms with E-state index in [4.69, 9.17) is 0 Å². The molecule has 2 heterocycles. The number of alkyl halides is 1.